The lowest BCUT2D eigenvalue weighted by Crippen LogP contribution is -2.48. The first-order valence-corrected chi connectivity index (χ1v) is 14.1. The first-order chi connectivity index (χ1) is 18.8. The summed E-state index contributed by atoms with van der Waals surface area (Å²) in [4.78, 5) is 25.8. The van der Waals surface area contributed by atoms with E-state index >= 15 is 0 Å². The normalized spacial score (nSPS) is 15.1. The molecule has 4 nitrogen and oxygen atoms in total. The van der Waals surface area contributed by atoms with E-state index in [1.807, 2.05) is 0 Å². The molecule has 4 rings (SSSR count). The Labute approximate surface area is 256 Å². The first-order valence-electron chi connectivity index (χ1n) is 11.8. The Bertz CT molecular complexity index is 1450. The van der Waals surface area contributed by atoms with E-state index in [4.69, 9.17) is 46.4 Å². The molecule has 0 spiro atoms. The Morgan fingerprint density at radius 3 is 2.15 bits per heavy atom. The van der Waals surface area contributed by atoms with Crippen LogP contribution in [0.1, 0.15) is 45.8 Å². The van der Waals surface area contributed by atoms with Gasteiger partial charge >= 0.3 is 6.18 Å². The van der Waals surface area contributed by atoms with Crippen molar-refractivity contribution in [3.05, 3.63) is 107 Å². The van der Waals surface area contributed by atoms with E-state index in [-0.39, 0.29) is 38.6 Å². The number of benzene rings is 3. The molecule has 1 saturated carbocycles. The quantitative estimate of drug-likeness (QED) is 0.231. The van der Waals surface area contributed by atoms with Gasteiger partial charge in [0.05, 0.1) is 26.5 Å². The van der Waals surface area contributed by atoms with Gasteiger partial charge in [-0.3, -0.25) is 9.59 Å². The molecule has 40 heavy (non-hydrogen) atoms. The van der Waals surface area contributed by atoms with Crippen molar-refractivity contribution in [3.63, 3.8) is 0 Å². The summed E-state index contributed by atoms with van der Waals surface area (Å²) in [5.74, 6) is -2.78. The predicted molar refractivity (Wildman–Crippen MR) is 156 cm³/mol. The van der Waals surface area contributed by atoms with Crippen molar-refractivity contribution >= 4 is 80.2 Å². The molecule has 0 heterocycles. The minimum Gasteiger partial charge on any atom is -0.350 e. The van der Waals surface area contributed by atoms with Crippen molar-refractivity contribution in [2.75, 3.05) is 0 Å². The van der Waals surface area contributed by atoms with Crippen molar-refractivity contribution in [2.24, 2.45) is 0 Å². The van der Waals surface area contributed by atoms with Gasteiger partial charge < -0.3 is 10.6 Å². The maximum Gasteiger partial charge on any atom is 0.399 e. The van der Waals surface area contributed by atoms with Gasteiger partial charge in [0, 0.05) is 16.0 Å². The molecule has 3 aromatic rings. The van der Waals surface area contributed by atoms with Gasteiger partial charge in [0.2, 0.25) is 5.91 Å². The Kier molecular flexibility index (Phi) is 9.47. The lowest BCUT2D eigenvalue weighted by molar-refractivity contribution is -0.139. The summed E-state index contributed by atoms with van der Waals surface area (Å²) in [6, 6.07) is 13.8. The molecule has 12 heteroatoms. The molecule has 0 saturated heterocycles. The average Bonchev–Trinajstić information content (AvgIpc) is 3.66. The molecule has 1 unspecified atom stereocenters. The van der Waals surface area contributed by atoms with Gasteiger partial charge in [0.1, 0.15) is 5.54 Å². The highest BCUT2D eigenvalue weighted by atomic mass is 79.9. The Balaban J connectivity index is 1.45. The summed E-state index contributed by atoms with van der Waals surface area (Å²) < 4.78 is 41.9. The maximum absolute atomic E-state index is 13.8. The van der Waals surface area contributed by atoms with Crippen LogP contribution in [0.3, 0.4) is 0 Å². The summed E-state index contributed by atoms with van der Waals surface area (Å²) in [6.07, 6.45) is -1.39. The molecule has 0 aliphatic heterocycles. The standard InChI is InChI=1S/C28H20BrCl4F3N2O2/c29-21-11-15(4-8-20(28(34,35)36)17-12-22(31)24(33)23(32)13-17)3-7-19(21)25(39)38-27(9-10-27)26(40)37-14-16-1-5-18(30)6-2-16/h1-8,11-13,20H,9-10,14H2,(H,37,40)(H,38,39)/b8-4+. The molecule has 0 aromatic heterocycles. The zero-order chi connectivity index (χ0) is 29.2. The number of nitrogens with one attached hydrogen (secondary N) is 2. The van der Waals surface area contributed by atoms with Gasteiger partial charge in [-0.25, -0.2) is 0 Å². The third kappa shape index (κ3) is 7.34. The van der Waals surface area contributed by atoms with Crippen LogP contribution in [-0.2, 0) is 11.3 Å². The molecule has 1 aliphatic rings. The largest absolute Gasteiger partial charge is 0.399 e. The number of rotatable bonds is 8. The molecule has 0 radical (unpaired) electrons. The SMILES string of the molecule is O=C(NC1(C(=O)NCc2ccc(Cl)cc2)CC1)c1ccc(/C=C/C(c2cc(Cl)c(Cl)c(Cl)c2)C(F)(F)F)cc1Br. The maximum atomic E-state index is 13.8. The number of alkyl halides is 3. The van der Waals surface area contributed by atoms with Gasteiger partial charge in [-0.1, -0.05) is 76.8 Å². The topological polar surface area (TPSA) is 58.2 Å². The van der Waals surface area contributed by atoms with Gasteiger partial charge in [0.15, 0.2) is 0 Å². The molecule has 1 fully saturated rings. The molecular weight excluding hydrogens is 675 g/mol. The highest BCUT2D eigenvalue weighted by molar-refractivity contribution is 9.10. The minimum absolute atomic E-state index is 0.0261. The van der Waals surface area contributed by atoms with Crippen LogP contribution in [0, 0.1) is 0 Å². The van der Waals surface area contributed by atoms with E-state index < -0.39 is 23.5 Å². The summed E-state index contributed by atoms with van der Waals surface area (Å²) in [5.41, 5.74) is 0.328. The van der Waals surface area contributed by atoms with Crippen LogP contribution in [0.4, 0.5) is 13.2 Å². The lowest BCUT2D eigenvalue weighted by atomic mass is 9.97. The van der Waals surface area contributed by atoms with Gasteiger partial charge in [-0.05, 0) is 81.9 Å². The molecule has 3 aromatic carbocycles. The van der Waals surface area contributed by atoms with Crippen molar-refractivity contribution in [2.45, 2.75) is 37.0 Å². The Morgan fingerprint density at radius 1 is 0.975 bits per heavy atom. The van der Waals surface area contributed by atoms with Crippen molar-refractivity contribution in [1.82, 2.24) is 10.6 Å². The fourth-order valence-corrected chi connectivity index (χ4v) is 5.28. The summed E-state index contributed by atoms with van der Waals surface area (Å²) in [7, 11) is 0. The van der Waals surface area contributed by atoms with Gasteiger partial charge in [0.25, 0.3) is 5.91 Å². The number of halogens is 8. The smallest absolute Gasteiger partial charge is 0.350 e. The minimum atomic E-state index is -4.62. The number of allylic oxidation sites excluding steroid dienone is 1. The molecule has 0 bridgehead atoms. The van der Waals surface area contributed by atoms with Crippen molar-refractivity contribution in [3.8, 4) is 0 Å². The van der Waals surface area contributed by atoms with E-state index in [2.05, 4.69) is 26.6 Å². The van der Waals surface area contributed by atoms with E-state index in [1.165, 1.54) is 24.3 Å². The van der Waals surface area contributed by atoms with Crippen LogP contribution in [-0.4, -0.2) is 23.5 Å². The summed E-state index contributed by atoms with van der Waals surface area (Å²) in [6.45, 7) is 0.283. The summed E-state index contributed by atoms with van der Waals surface area (Å²) in [5, 5.41) is 6.01. The molecule has 210 valence electrons. The number of hydrogen-bond acceptors (Lipinski definition) is 2. The monoisotopic (exact) mass is 692 g/mol. The Hall–Kier alpha value is -2.23. The number of carbonyl (C=O) groups is 2. The van der Waals surface area contributed by atoms with E-state index in [0.29, 0.717) is 27.9 Å². The van der Waals surface area contributed by atoms with Gasteiger partial charge in [-0.2, -0.15) is 13.2 Å². The average molecular weight is 695 g/mol. The Morgan fingerprint density at radius 2 is 1.60 bits per heavy atom. The highest BCUT2D eigenvalue weighted by Crippen LogP contribution is 2.41. The van der Waals surface area contributed by atoms with Crippen LogP contribution in [0.15, 0.2) is 65.1 Å². The third-order valence-corrected chi connectivity index (χ3v) is 8.45. The molecule has 1 atom stereocenters. The fraction of sp³-hybridized carbons (Fsp3) is 0.214. The molecular formula is C28H20BrCl4F3N2O2. The second kappa shape index (κ2) is 12.3. The predicted octanol–water partition coefficient (Wildman–Crippen LogP) is 9.00. The lowest BCUT2D eigenvalue weighted by Gasteiger charge is -2.19. The zero-order valence-electron chi connectivity index (χ0n) is 20.4. The summed E-state index contributed by atoms with van der Waals surface area (Å²) >= 11 is 27.0. The van der Waals surface area contributed by atoms with Crippen molar-refractivity contribution < 1.29 is 22.8 Å². The van der Waals surface area contributed by atoms with Gasteiger partial charge in [-0.15, -0.1) is 0 Å². The third-order valence-electron chi connectivity index (χ3n) is 6.34. The van der Waals surface area contributed by atoms with E-state index in [9.17, 15) is 22.8 Å². The first kappa shape index (κ1) is 30.7. The molecule has 2 amide bonds. The van der Waals surface area contributed by atoms with Crippen LogP contribution < -0.4 is 10.6 Å². The van der Waals surface area contributed by atoms with Crippen LogP contribution >= 0.6 is 62.3 Å². The number of amides is 2. The second-order valence-electron chi connectivity index (χ2n) is 9.26. The van der Waals surface area contributed by atoms with E-state index in [1.54, 1.807) is 24.3 Å². The zero-order valence-corrected chi connectivity index (χ0v) is 25.0. The van der Waals surface area contributed by atoms with Crippen LogP contribution in [0.2, 0.25) is 20.1 Å². The fourth-order valence-electron chi connectivity index (χ4n) is 3.96. The number of carbonyl (C=O) groups excluding carboxylic acids is 2. The molecule has 2 N–H and O–H groups in total. The highest BCUT2D eigenvalue weighted by Gasteiger charge is 2.51. The van der Waals surface area contributed by atoms with Crippen LogP contribution in [0.25, 0.3) is 6.08 Å². The molecule has 1 aliphatic carbocycles. The van der Waals surface area contributed by atoms with E-state index in [0.717, 1.165) is 23.8 Å². The van der Waals surface area contributed by atoms with Crippen molar-refractivity contribution in [1.29, 1.82) is 0 Å². The van der Waals surface area contributed by atoms with Crippen LogP contribution in [0.5, 0.6) is 0 Å². The number of hydrogen-bond donors (Lipinski definition) is 2. The second-order valence-corrected chi connectivity index (χ2v) is 11.7.